The average molecular weight is 338 g/mol. The highest BCUT2D eigenvalue weighted by atomic mass is 32.3. The molecule has 1 aromatic carbocycles. The van der Waals surface area contributed by atoms with Gasteiger partial charge in [-0.1, -0.05) is 0 Å². The molecular formula is C14H15FN4O3S. The summed E-state index contributed by atoms with van der Waals surface area (Å²) in [6.45, 7) is 1.99. The zero-order valence-electron chi connectivity index (χ0n) is 12.4. The monoisotopic (exact) mass is 338 g/mol. The number of anilines is 1. The fraction of sp³-hybridized carbons (Fsp3) is 0.357. The normalized spacial score (nSPS) is 18.6. The SMILES string of the molecule is Cc1nc(-c2ccc(N3CC(CS(=O)(=O)F)CC3=O)cc2)n[nH]1. The van der Waals surface area contributed by atoms with Crippen molar-refractivity contribution in [2.45, 2.75) is 13.3 Å². The second-order valence-corrected chi connectivity index (χ2v) is 6.98. The van der Waals surface area contributed by atoms with E-state index in [1.165, 1.54) is 4.90 Å². The third-order valence-electron chi connectivity index (χ3n) is 3.67. The number of benzene rings is 1. The Labute approximate surface area is 132 Å². The number of aromatic nitrogens is 3. The molecule has 1 N–H and O–H groups in total. The minimum atomic E-state index is -4.58. The van der Waals surface area contributed by atoms with Crippen LogP contribution in [0.15, 0.2) is 24.3 Å². The van der Waals surface area contributed by atoms with Crippen molar-refractivity contribution in [2.75, 3.05) is 17.2 Å². The number of H-pyrrole nitrogens is 1. The molecule has 1 aliphatic heterocycles. The quantitative estimate of drug-likeness (QED) is 0.851. The Hall–Kier alpha value is -2.29. The molecule has 1 fully saturated rings. The fourth-order valence-electron chi connectivity index (χ4n) is 2.69. The number of aryl methyl sites for hydroxylation is 1. The van der Waals surface area contributed by atoms with E-state index in [9.17, 15) is 17.1 Å². The van der Waals surface area contributed by atoms with Gasteiger partial charge in [-0.2, -0.15) is 13.5 Å². The van der Waals surface area contributed by atoms with Crippen LogP contribution in [-0.2, 0) is 15.0 Å². The van der Waals surface area contributed by atoms with Crippen LogP contribution >= 0.6 is 0 Å². The van der Waals surface area contributed by atoms with E-state index in [4.69, 9.17) is 0 Å². The zero-order chi connectivity index (χ0) is 16.6. The van der Waals surface area contributed by atoms with Gasteiger partial charge < -0.3 is 4.90 Å². The van der Waals surface area contributed by atoms with Gasteiger partial charge in [0.25, 0.3) is 0 Å². The van der Waals surface area contributed by atoms with Gasteiger partial charge in [-0.3, -0.25) is 9.89 Å². The smallest absolute Gasteiger partial charge is 0.302 e. The van der Waals surface area contributed by atoms with Gasteiger partial charge in [0.05, 0.1) is 5.75 Å². The van der Waals surface area contributed by atoms with Gasteiger partial charge in [0.1, 0.15) is 5.82 Å². The van der Waals surface area contributed by atoms with E-state index in [-0.39, 0.29) is 18.9 Å². The largest absolute Gasteiger partial charge is 0.312 e. The van der Waals surface area contributed by atoms with E-state index >= 15 is 0 Å². The van der Waals surface area contributed by atoms with Crippen LogP contribution in [0.5, 0.6) is 0 Å². The molecule has 1 unspecified atom stereocenters. The Morgan fingerprint density at radius 2 is 2.04 bits per heavy atom. The van der Waals surface area contributed by atoms with Crippen molar-refractivity contribution in [3.05, 3.63) is 30.1 Å². The number of amides is 1. The van der Waals surface area contributed by atoms with Gasteiger partial charge in [0.15, 0.2) is 5.82 Å². The maximum atomic E-state index is 12.8. The van der Waals surface area contributed by atoms with E-state index in [0.29, 0.717) is 17.3 Å². The number of nitrogens with zero attached hydrogens (tertiary/aromatic N) is 3. The van der Waals surface area contributed by atoms with Gasteiger partial charge in [0.2, 0.25) is 5.91 Å². The van der Waals surface area contributed by atoms with Crippen LogP contribution in [0.2, 0.25) is 0 Å². The number of halogens is 1. The summed E-state index contributed by atoms with van der Waals surface area (Å²) in [5.41, 5.74) is 1.44. The lowest BCUT2D eigenvalue weighted by Gasteiger charge is -2.16. The third kappa shape index (κ3) is 3.55. The molecular weight excluding hydrogens is 323 g/mol. The summed E-state index contributed by atoms with van der Waals surface area (Å²) in [6, 6.07) is 7.05. The molecule has 0 bridgehead atoms. The number of hydrogen-bond acceptors (Lipinski definition) is 5. The number of hydrogen-bond donors (Lipinski definition) is 1. The van der Waals surface area contributed by atoms with Crippen molar-refractivity contribution in [2.24, 2.45) is 5.92 Å². The average Bonchev–Trinajstić information content (AvgIpc) is 3.03. The Kier molecular flexibility index (Phi) is 3.88. The predicted octanol–water partition coefficient (Wildman–Crippen LogP) is 1.43. The maximum absolute atomic E-state index is 12.8. The summed E-state index contributed by atoms with van der Waals surface area (Å²) in [6.07, 6.45) is 0.0328. The van der Waals surface area contributed by atoms with E-state index in [2.05, 4.69) is 15.2 Å². The Morgan fingerprint density at radius 1 is 1.35 bits per heavy atom. The standard InChI is InChI=1S/C14H15FN4O3S/c1-9-16-14(18-17-9)11-2-4-12(5-3-11)19-7-10(6-13(19)20)8-23(15,21)22/h2-5,10H,6-8H2,1H3,(H,16,17,18). The summed E-state index contributed by atoms with van der Waals surface area (Å²) in [4.78, 5) is 17.7. The highest BCUT2D eigenvalue weighted by Gasteiger charge is 2.33. The summed E-state index contributed by atoms with van der Waals surface area (Å²) < 4.78 is 34.2. The zero-order valence-corrected chi connectivity index (χ0v) is 13.2. The molecule has 3 rings (SSSR count). The minimum Gasteiger partial charge on any atom is -0.312 e. The molecule has 122 valence electrons. The summed E-state index contributed by atoms with van der Waals surface area (Å²) in [5.74, 6) is -0.0886. The first kappa shape index (κ1) is 15.6. The molecule has 1 atom stereocenters. The molecule has 2 heterocycles. The Morgan fingerprint density at radius 3 is 2.61 bits per heavy atom. The minimum absolute atomic E-state index is 0.0328. The first-order valence-corrected chi connectivity index (χ1v) is 8.59. The molecule has 0 aliphatic carbocycles. The highest BCUT2D eigenvalue weighted by Crippen LogP contribution is 2.28. The van der Waals surface area contributed by atoms with E-state index in [0.717, 1.165) is 5.56 Å². The van der Waals surface area contributed by atoms with Crippen LogP contribution in [0, 0.1) is 12.8 Å². The van der Waals surface area contributed by atoms with Crippen molar-refractivity contribution < 1.29 is 17.1 Å². The molecule has 1 saturated heterocycles. The molecule has 2 aromatic rings. The number of aromatic amines is 1. The second-order valence-electron chi connectivity index (χ2n) is 5.57. The molecule has 1 aliphatic rings. The molecule has 23 heavy (non-hydrogen) atoms. The fourth-order valence-corrected chi connectivity index (χ4v) is 3.47. The van der Waals surface area contributed by atoms with Crippen LogP contribution in [0.3, 0.4) is 0 Å². The first-order chi connectivity index (χ1) is 10.8. The van der Waals surface area contributed by atoms with Crippen LogP contribution < -0.4 is 4.90 Å². The maximum Gasteiger partial charge on any atom is 0.302 e. The highest BCUT2D eigenvalue weighted by molar-refractivity contribution is 7.86. The number of nitrogens with one attached hydrogen (secondary N) is 1. The van der Waals surface area contributed by atoms with Crippen LogP contribution in [0.25, 0.3) is 11.4 Å². The molecule has 1 amide bonds. The van der Waals surface area contributed by atoms with Crippen LogP contribution in [0.1, 0.15) is 12.2 Å². The summed E-state index contributed by atoms with van der Waals surface area (Å²) in [5, 5.41) is 6.81. The van der Waals surface area contributed by atoms with Crippen molar-refractivity contribution in [1.29, 1.82) is 0 Å². The number of carbonyl (C=O) groups is 1. The molecule has 9 heteroatoms. The van der Waals surface area contributed by atoms with Gasteiger partial charge in [-0.15, -0.1) is 3.89 Å². The van der Waals surface area contributed by atoms with E-state index < -0.39 is 21.9 Å². The van der Waals surface area contributed by atoms with Crippen molar-refractivity contribution in [1.82, 2.24) is 15.2 Å². The molecule has 0 spiro atoms. The summed E-state index contributed by atoms with van der Waals surface area (Å²) in [7, 11) is -4.58. The topological polar surface area (TPSA) is 96.0 Å². The van der Waals surface area contributed by atoms with Gasteiger partial charge in [-0.05, 0) is 31.2 Å². The van der Waals surface area contributed by atoms with Crippen LogP contribution in [-0.4, -0.2) is 41.8 Å². The van der Waals surface area contributed by atoms with Gasteiger partial charge in [-0.25, -0.2) is 4.98 Å². The lowest BCUT2D eigenvalue weighted by atomic mass is 10.1. The van der Waals surface area contributed by atoms with Crippen molar-refractivity contribution in [3.8, 4) is 11.4 Å². The third-order valence-corrected chi connectivity index (χ3v) is 4.54. The lowest BCUT2D eigenvalue weighted by molar-refractivity contribution is -0.117. The van der Waals surface area contributed by atoms with Gasteiger partial charge in [0, 0.05) is 30.1 Å². The van der Waals surface area contributed by atoms with Crippen molar-refractivity contribution in [3.63, 3.8) is 0 Å². The van der Waals surface area contributed by atoms with Crippen molar-refractivity contribution >= 4 is 21.8 Å². The molecule has 1 aromatic heterocycles. The van der Waals surface area contributed by atoms with E-state index in [1.807, 2.05) is 0 Å². The predicted molar refractivity (Wildman–Crippen MR) is 81.9 cm³/mol. The summed E-state index contributed by atoms with van der Waals surface area (Å²) >= 11 is 0. The second kappa shape index (κ2) is 5.73. The Balaban J connectivity index is 1.76. The van der Waals surface area contributed by atoms with Crippen LogP contribution in [0.4, 0.5) is 9.57 Å². The molecule has 0 radical (unpaired) electrons. The number of carbonyl (C=O) groups excluding carboxylic acids is 1. The van der Waals surface area contributed by atoms with E-state index in [1.54, 1.807) is 31.2 Å². The molecule has 7 nitrogen and oxygen atoms in total. The molecule has 0 saturated carbocycles. The Bertz CT molecular complexity index is 832. The number of rotatable bonds is 4. The lowest BCUT2D eigenvalue weighted by Crippen LogP contribution is -2.25. The van der Waals surface area contributed by atoms with Gasteiger partial charge >= 0.3 is 10.2 Å². The first-order valence-electron chi connectivity index (χ1n) is 7.04.